The highest BCUT2D eigenvalue weighted by atomic mass is 32.2. The van der Waals surface area contributed by atoms with Crippen molar-refractivity contribution >= 4 is 29.0 Å². The maximum Gasteiger partial charge on any atom is 0.233 e. The zero-order valence-electron chi connectivity index (χ0n) is 14.0. The number of nitrogens with two attached hydrogens (primary N) is 1. The molecule has 0 radical (unpaired) electrons. The van der Waals surface area contributed by atoms with Gasteiger partial charge in [0.15, 0.2) is 5.82 Å². The summed E-state index contributed by atoms with van der Waals surface area (Å²) in [5.74, 6) is 7.95. The summed E-state index contributed by atoms with van der Waals surface area (Å²) in [6.45, 7) is 2.28. The number of nitrogens with zero attached hydrogens (tertiary/aromatic N) is 4. The minimum atomic E-state index is 0.125. The molecule has 130 valence electrons. The van der Waals surface area contributed by atoms with Gasteiger partial charge in [0.05, 0.1) is 10.6 Å². The Hall–Kier alpha value is -1.54. The van der Waals surface area contributed by atoms with Crippen LogP contribution in [0.3, 0.4) is 0 Å². The summed E-state index contributed by atoms with van der Waals surface area (Å²) in [5.41, 5.74) is 0. The second-order valence-electron chi connectivity index (χ2n) is 6.36. The molecule has 2 aromatic rings. The van der Waals surface area contributed by atoms with Gasteiger partial charge >= 0.3 is 0 Å². The molecule has 0 atom stereocenters. The topological polar surface area (TPSA) is 77.0 Å². The van der Waals surface area contributed by atoms with Crippen LogP contribution in [0, 0.1) is 5.92 Å². The average Bonchev–Trinajstić information content (AvgIpc) is 3.22. The Kier molecular flexibility index (Phi) is 5.45. The van der Waals surface area contributed by atoms with Gasteiger partial charge < -0.3 is 10.7 Å². The van der Waals surface area contributed by atoms with Gasteiger partial charge in [-0.1, -0.05) is 24.8 Å². The van der Waals surface area contributed by atoms with E-state index in [0.717, 1.165) is 23.6 Å². The molecule has 2 aromatic heterocycles. The Balaban J connectivity index is 1.56. The van der Waals surface area contributed by atoms with Crippen molar-refractivity contribution in [1.82, 2.24) is 19.8 Å². The molecule has 8 heteroatoms. The molecule has 0 aromatic carbocycles. The second-order valence-corrected chi connectivity index (χ2v) is 8.25. The minimum absolute atomic E-state index is 0.125. The van der Waals surface area contributed by atoms with Gasteiger partial charge in [0.25, 0.3) is 0 Å². The van der Waals surface area contributed by atoms with Crippen LogP contribution in [-0.2, 0) is 4.79 Å². The average molecular weight is 366 g/mol. The van der Waals surface area contributed by atoms with Crippen LogP contribution in [0.4, 0.5) is 0 Å². The number of amides is 1. The van der Waals surface area contributed by atoms with Crippen molar-refractivity contribution in [1.29, 1.82) is 0 Å². The third-order valence-corrected chi connectivity index (χ3v) is 6.45. The lowest BCUT2D eigenvalue weighted by molar-refractivity contribution is -0.129. The Morgan fingerprint density at radius 2 is 2.17 bits per heavy atom. The van der Waals surface area contributed by atoms with Gasteiger partial charge in [-0.05, 0) is 43.0 Å². The van der Waals surface area contributed by atoms with Crippen molar-refractivity contribution in [2.45, 2.75) is 43.8 Å². The third kappa shape index (κ3) is 3.75. The smallest absolute Gasteiger partial charge is 0.233 e. The summed E-state index contributed by atoms with van der Waals surface area (Å²) >= 11 is 2.91. The summed E-state index contributed by atoms with van der Waals surface area (Å²) < 4.78 is 1.46. The van der Waals surface area contributed by atoms with Gasteiger partial charge in [0.1, 0.15) is 0 Å². The van der Waals surface area contributed by atoms with Crippen molar-refractivity contribution in [2.75, 3.05) is 18.6 Å². The predicted molar refractivity (Wildman–Crippen MR) is 98.4 cm³/mol. The van der Waals surface area contributed by atoms with Gasteiger partial charge in [0, 0.05) is 13.1 Å². The zero-order chi connectivity index (χ0) is 17.1. The number of nitrogen functional groups attached to an aromatic ring is 1. The Labute approximate surface area is 150 Å². The van der Waals surface area contributed by atoms with Gasteiger partial charge in [-0.2, -0.15) is 0 Å². The summed E-state index contributed by atoms with van der Waals surface area (Å²) in [6, 6.07) is 4.27. The number of hydrogen-bond donors (Lipinski definition) is 1. The molecule has 2 heterocycles. The van der Waals surface area contributed by atoms with Crippen LogP contribution < -0.4 is 5.84 Å². The molecule has 1 amide bonds. The quantitative estimate of drug-likeness (QED) is 0.651. The second kappa shape index (κ2) is 7.57. The van der Waals surface area contributed by atoms with E-state index < -0.39 is 0 Å². The van der Waals surface area contributed by atoms with Crippen molar-refractivity contribution in [3.05, 3.63) is 17.5 Å². The van der Waals surface area contributed by atoms with E-state index in [4.69, 9.17) is 5.84 Å². The van der Waals surface area contributed by atoms with Crippen LogP contribution in [0.15, 0.2) is 22.7 Å². The molecular weight excluding hydrogens is 342 g/mol. The standard InChI is InChI=1S/C16H23N5OS2/c1-11-5-7-12(8-6-11)20(2)14(22)10-24-16-19-18-15(21(16)17)13-4-3-9-23-13/h3-4,9,11-12H,5-8,10,17H2,1-2H3. The molecule has 24 heavy (non-hydrogen) atoms. The van der Waals surface area contributed by atoms with E-state index in [1.165, 1.54) is 29.3 Å². The van der Waals surface area contributed by atoms with Crippen LogP contribution in [-0.4, -0.2) is 44.5 Å². The van der Waals surface area contributed by atoms with Crippen LogP contribution in [0.5, 0.6) is 0 Å². The van der Waals surface area contributed by atoms with Gasteiger partial charge in [0.2, 0.25) is 11.1 Å². The summed E-state index contributed by atoms with van der Waals surface area (Å²) in [7, 11) is 1.91. The largest absolute Gasteiger partial charge is 0.342 e. The van der Waals surface area contributed by atoms with E-state index in [1.54, 1.807) is 11.3 Å². The van der Waals surface area contributed by atoms with E-state index in [-0.39, 0.29) is 5.91 Å². The molecule has 1 aliphatic rings. The predicted octanol–water partition coefficient (Wildman–Crippen LogP) is 2.85. The van der Waals surface area contributed by atoms with E-state index in [0.29, 0.717) is 22.8 Å². The van der Waals surface area contributed by atoms with Crippen molar-refractivity contribution < 1.29 is 4.79 Å². The van der Waals surface area contributed by atoms with Crippen molar-refractivity contribution in [3.8, 4) is 10.7 Å². The van der Waals surface area contributed by atoms with Gasteiger partial charge in [-0.3, -0.25) is 4.79 Å². The van der Waals surface area contributed by atoms with E-state index in [1.807, 2.05) is 29.5 Å². The highest BCUT2D eigenvalue weighted by Gasteiger charge is 2.25. The van der Waals surface area contributed by atoms with E-state index in [2.05, 4.69) is 17.1 Å². The van der Waals surface area contributed by atoms with Crippen LogP contribution in [0.1, 0.15) is 32.6 Å². The summed E-state index contributed by atoms with van der Waals surface area (Å²) in [6.07, 6.45) is 4.61. The molecule has 1 saturated carbocycles. The molecule has 1 fully saturated rings. The van der Waals surface area contributed by atoms with Gasteiger partial charge in [-0.25, -0.2) is 4.68 Å². The van der Waals surface area contributed by atoms with E-state index in [9.17, 15) is 4.79 Å². The number of carbonyl (C=O) groups excluding carboxylic acids is 1. The molecular formula is C16H23N5OS2. The fourth-order valence-corrected chi connectivity index (χ4v) is 4.50. The first-order chi connectivity index (χ1) is 11.6. The number of hydrogen-bond acceptors (Lipinski definition) is 6. The molecule has 0 aliphatic heterocycles. The maximum atomic E-state index is 12.5. The molecule has 0 unspecified atom stereocenters. The lowest BCUT2D eigenvalue weighted by Crippen LogP contribution is -2.40. The van der Waals surface area contributed by atoms with Crippen LogP contribution in [0.2, 0.25) is 0 Å². The molecule has 0 saturated heterocycles. The normalized spacial score (nSPS) is 20.9. The molecule has 3 rings (SSSR count). The molecule has 2 N–H and O–H groups in total. The summed E-state index contributed by atoms with van der Waals surface area (Å²) in [4.78, 5) is 15.3. The third-order valence-electron chi connectivity index (χ3n) is 4.66. The molecule has 0 spiro atoms. The Morgan fingerprint density at radius 3 is 2.83 bits per heavy atom. The number of carbonyl (C=O) groups is 1. The van der Waals surface area contributed by atoms with Crippen molar-refractivity contribution in [2.24, 2.45) is 5.92 Å². The van der Waals surface area contributed by atoms with Gasteiger partial charge in [-0.15, -0.1) is 21.5 Å². The Bertz CT molecular complexity index is 677. The lowest BCUT2D eigenvalue weighted by Gasteiger charge is -2.33. The molecule has 0 bridgehead atoms. The monoisotopic (exact) mass is 365 g/mol. The first-order valence-corrected chi connectivity index (χ1v) is 10.1. The lowest BCUT2D eigenvalue weighted by atomic mass is 9.87. The number of aromatic nitrogens is 3. The van der Waals surface area contributed by atoms with E-state index >= 15 is 0 Å². The highest BCUT2D eigenvalue weighted by Crippen LogP contribution is 2.28. The molecule has 6 nitrogen and oxygen atoms in total. The summed E-state index contributed by atoms with van der Waals surface area (Å²) in [5, 5.41) is 10.8. The zero-order valence-corrected chi connectivity index (χ0v) is 15.6. The molecule has 1 aliphatic carbocycles. The fourth-order valence-electron chi connectivity index (χ4n) is 3.01. The SMILES string of the molecule is CC1CCC(N(C)C(=O)CSc2nnc(-c3cccs3)n2N)CC1. The Morgan fingerprint density at radius 1 is 1.42 bits per heavy atom. The number of rotatable bonds is 5. The minimum Gasteiger partial charge on any atom is -0.342 e. The van der Waals surface area contributed by atoms with Crippen LogP contribution >= 0.6 is 23.1 Å². The first-order valence-electron chi connectivity index (χ1n) is 8.19. The fraction of sp³-hybridized carbons (Fsp3) is 0.562. The first kappa shape index (κ1) is 17.3. The van der Waals surface area contributed by atoms with Crippen LogP contribution in [0.25, 0.3) is 10.7 Å². The highest BCUT2D eigenvalue weighted by molar-refractivity contribution is 7.99. The number of thioether (sulfide) groups is 1. The maximum absolute atomic E-state index is 12.5. The number of thiophene rings is 1. The van der Waals surface area contributed by atoms with Crippen molar-refractivity contribution in [3.63, 3.8) is 0 Å².